The van der Waals surface area contributed by atoms with Crippen LogP contribution < -0.4 is 10.1 Å². The second kappa shape index (κ2) is 6.50. The third kappa shape index (κ3) is 2.86. The van der Waals surface area contributed by atoms with Crippen molar-refractivity contribution in [2.45, 2.75) is 0 Å². The fourth-order valence-corrected chi connectivity index (χ4v) is 3.16. The first-order chi connectivity index (χ1) is 10.1. The number of benzene rings is 1. The van der Waals surface area contributed by atoms with Crippen LogP contribution in [0, 0.1) is 22.0 Å². The Morgan fingerprint density at radius 2 is 2.00 bits per heavy atom. The molecule has 1 aromatic rings. The average molecular weight is 328 g/mol. The quantitative estimate of drug-likeness (QED) is 0.668. The molecular formula is C14H18ClN3O4. The minimum atomic E-state index is -0.523. The van der Waals surface area contributed by atoms with Gasteiger partial charge in [0, 0.05) is 32.2 Å². The highest BCUT2D eigenvalue weighted by molar-refractivity contribution is 5.98. The third-order valence-corrected chi connectivity index (χ3v) is 4.31. The van der Waals surface area contributed by atoms with Gasteiger partial charge in [0.1, 0.15) is 11.3 Å². The van der Waals surface area contributed by atoms with E-state index in [2.05, 4.69) is 5.32 Å². The molecule has 0 bridgehead atoms. The molecule has 1 aromatic carbocycles. The summed E-state index contributed by atoms with van der Waals surface area (Å²) in [7, 11) is 1.47. The lowest BCUT2D eigenvalue weighted by atomic mass is 10.0. The zero-order valence-corrected chi connectivity index (χ0v) is 13.0. The van der Waals surface area contributed by atoms with Crippen LogP contribution in [-0.4, -0.2) is 49.0 Å². The number of likely N-dealkylation sites (tertiary alicyclic amines) is 1. The van der Waals surface area contributed by atoms with E-state index in [0.717, 1.165) is 13.1 Å². The lowest BCUT2D eigenvalue weighted by molar-refractivity contribution is -0.385. The van der Waals surface area contributed by atoms with Crippen LogP contribution in [0.25, 0.3) is 0 Å². The summed E-state index contributed by atoms with van der Waals surface area (Å²) >= 11 is 0. The third-order valence-electron chi connectivity index (χ3n) is 4.31. The van der Waals surface area contributed by atoms with Crippen molar-refractivity contribution in [2.24, 2.45) is 11.8 Å². The molecule has 2 aliphatic heterocycles. The van der Waals surface area contributed by atoms with Gasteiger partial charge in [-0.3, -0.25) is 14.9 Å². The lowest BCUT2D eigenvalue weighted by Gasteiger charge is -2.17. The molecule has 1 N–H and O–H groups in total. The van der Waals surface area contributed by atoms with E-state index in [1.54, 1.807) is 4.90 Å². The maximum atomic E-state index is 12.6. The molecule has 0 unspecified atom stereocenters. The predicted molar refractivity (Wildman–Crippen MR) is 82.6 cm³/mol. The van der Waals surface area contributed by atoms with Crippen molar-refractivity contribution in [2.75, 3.05) is 33.3 Å². The van der Waals surface area contributed by atoms with E-state index in [9.17, 15) is 14.9 Å². The van der Waals surface area contributed by atoms with Crippen LogP contribution in [0.1, 0.15) is 10.4 Å². The number of hydrogen-bond donors (Lipinski definition) is 1. The SMILES string of the molecule is COc1ccc([N+](=O)[O-])c(C(=O)N2C[C@H]3CNC[C@H]3C2)c1.Cl. The molecule has 0 saturated carbocycles. The molecule has 120 valence electrons. The summed E-state index contributed by atoms with van der Waals surface area (Å²) in [6.07, 6.45) is 0. The number of rotatable bonds is 3. The molecule has 2 atom stereocenters. The number of halogens is 1. The van der Waals surface area contributed by atoms with Gasteiger partial charge in [-0.25, -0.2) is 0 Å². The van der Waals surface area contributed by atoms with Crippen LogP contribution in [0.3, 0.4) is 0 Å². The number of carbonyl (C=O) groups excluding carboxylic acids is 1. The molecule has 0 spiro atoms. The van der Waals surface area contributed by atoms with E-state index in [1.807, 2.05) is 0 Å². The summed E-state index contributed by atoms with van der Waals surface area (Å²) in [6.45, 7) is 3.14. The van der Waals surface area contributed by atoms with Gasteiger partial charge in [-0.1, -0.05) is 0 Å². The molecule has 0 aromatic heterocycles. The van der Waals surface area contributed by atoms with Crippen LogP contribution in [0.15, 0.2) is 18.2 Å². The van der Waals surface area contributed by atoms with Crippen LogP contribution in [0.5, 0.6) is 5.75 Å². The Kier molecular flexibility index (Phi) is 4.87. The predicted octanol–water partition coefficient (Wildman–Crippen LogP) is 1.32. The van der Waals surface area contributed by atoms with Gasteiger partial charge < -0.3 is 15.0 Å². The number of carbonyl (C=O) groups is 1. The Labute approximate surface area is 134 Å². The number of hydrogen-bond acceptors (Lipinski definition) is 5. The summed E-state index contributed by atoms with van der Waals surface area (Å²) < 4.78 is 5.07. The van der Waals surface area contributed by atoms with E-state index in [-0.39, 0.29) is 29.6 Å². The number of fused-ring (bicyclic) bond motifs is 1. The fraction of sp³-hybridized carbons (Fsp3) is 0.500. The van der Waals surface area contributed by atoms with Crippen molar-refractivity contribution in [3.63, 3.8) is 0 Å². The summed E-state index contributed by atoms with van der Waals surface area (Å²) in [6, 6.07) is 4.27. The summed E-state index contributed by atoms with van der Waals surface area (Å²) in [5, 5.41) is 14.4. The van der Waals surface area contributed by atoms with Gasteiger partial charge in [-0.15, -0.1) is 12.4 Å². The van der Waals surface area contributed by atoms with Crippen LogP contribution in [-0.2, 0) is 0 Å². The van der Waals surface area contributed by atoms with Gasteiger partial charge >= 0.3 is 0 Å². The fourth-order valence-electron chi connectivity index (χ4n) is 3.16. The summed E-state index contributed by atoms with van der Waals surface area (Å²) in [5.41, 5.74) is -0.0664. The van der Waals surface area contributed by atoms with E-state index < -0.39 is 4.92 Å². The Morgan fingerprint density at radius 3 is 2.55 bits per heavy atom. The molecule has 7 nitrogen and oxygen atoms in total. The maximum absolute atomic E-state index is 12.6. The van der Waals surface area contributed by atoms with E-state index in [0.29, 0.717) is 30.7 Å². The molecule has 22 heavy (non-hydrogen) atoms. The number of nitro benzene ring substituents is 1. The van der Waals surface area contributed by atoms with Crippen LogP contribution in [0.2, 0.25) is 0 Å². The molecule has 2 aliphatic rings. The van der Waals surface area contributed by atoms with Crippen molar-refractivity contribution in [3.8, 4) is 5.75 Å². The maximum Gasteiger partial charge on any atom is 0.282 e. The number of ether oxygens (including phenoxy) is 1. The monoisotopic (exact) mass is 327 g/mol. The highest BCUT2D eigenvalue weighted by atomic mass is 35.5. The van der Waals surface area contributed by atoms with Gasteiger partial charge in [0.05, 0.1) is 12.0 Å². The highest BCUT2D eigenvalue weighted by Gasteiger charge is 2.39. The smallest absolute Gasteiger partial charge is 0.282 e. The van der Waals surface area contributed by atoms with E-state index in [1.165, 1.54) is 25.3 Å². The van der Waals surface area contributed by atoms with Crippen molar-refractivity contribution < 1.29 is 14.5 Å². The highest BCUT2D eigenvalue weighted by Crippen LogP contribution is 2.30. The van der Waals surface area contributed by atoms with Gasteiger partial charge in [0.25, 0.3) is 11.6 Å². The second-order valence-corrected chi connectivity index (χ2v) is 5.53. The first-order valence-corrected chi connectivity index (χ1v) is 6.92. The molecule has 3 rings (SSSR count). The molecular weight excluding hydrogens is 310 g/mol. The number of nitro groups is 1. The average Bonchev–Trinajstić information content (AvgIpc) is 3.06. The topological polar surface area (TPSA) is 84.7 Å². The Hall–Kier alpha value is -1.86. The molecule has 0 radical (unpaired) electrons. The van der Waals surface area contributed by atoms with Gasteiger partial charge in [0.15, 0.2) is 0 Å². The zero-order chi connectivity index (χ0) is 15.0. The molecule has 0 aliphatic carbocycles. The summed E-state index contributed by atoms with van der Waals surface area (Å²) in [5.74, 6) is 1.08. The largest absolute Gasteiger partial charge is 0.497 e. The van der Waals surface area contributed by atoms with Crippen LogP contribution >= 0.6 is 12.4 Å². The van der Waals surface area contributed by atoms with Crippen molar-refractivity contribution in [1.82, 2.24) is 10.2 Å². The van der Waals surface area contributed by atoms with Gasteiger partial charge in [0.2, 0.25) is 0 Å². The standard InChI is InChI=1S/C14H17N3O4.ClH/c1-21-11-2-3-13(17(19)20)12(4-11)14(18)16-7-9-5-15-6-10(9)8-16;/h2-4,9-10,15H,5-8H2,1H3;1H/t9-,10+;. The van der Waals surface area contributed by atoms with Crippen molar-refractivity contribution in [1.29, 1.82) is 0 Å². The number of amides is 1. The summed E-state index contributed by atoms with van der Waals surface area (Å²) in [4.78, 5) is 24.9. The lowest BCUT2D eigenvalue weighted by Crippen LogP contribution is -2.32. The second-order valence-electron chi connectivity index (χ2n) is 5.53. The number of nitrogens with zero attached hydrogens (tertiary/aromatic N) is 2. The molecule has 2 heterocycles. The van der Waals surface area contributed by atoms with Gasteiger partial charge in [-0.2, -0.15) is 0 Å². The molecule has 8 heteroatoms. The van der Waals surface area contributed by atoms with Crippen LogP contribution in [0.4, 0.5) is 5.69 Å². The minimum absolute atomic E-state index is 0. The minimum Gasteiger partial charge on any atom is -0.497 e. The Balaban J connectivity index is 0.00000176. The van der Waals surface area contributed by atoms with Crippen molar-refractivity contribution in [3.05, 3.63) is 33.9 Å². The molecule has 2 fully saturated rings. The van der Waals surface area contributed by atoms with E-state index in [4.69, 9.17) is 4.74 Å². The van der Waals surface area contributed by atoms with E-state index >= 15 is 0 Å². The first-order valence-electron chi connectivity index (χ1n) is 6.92. The van der Waals surface area contributed by atoms with Gasteiger partial charge in [-0.05, 0) is 24.0 Å². The Bertz CT molecular complexity index is 583. The van der Waals surface area contributed by atoms with Crippen molar-refractivity contribution >= 4 is 24.0 Å². The zero-order valence-electron chi connectivity index (χ0n) is 12.2. The Morgan fingerprint density at radius 1 is 1.36 bits per heavy atom. The normalized spacial score (nSPS) is 22.9. The number of nitrogens with one attached hydrogen (secondary N) is 1. The molecule has 2 saturated heterocycles. The first kappa shape index (κ1) is 16.5. The number of methoxy groups -OCH3 is 1. The molecule has 1 amide bonds.